The van der Waals surface area contributed by atoms with Crippen LogP contribution in [-0.4, -0.2) is 25.2 Å². The first kappa shape index (κ1) is 12.9. The van der Waals surface area contributed by atoms with E-state index >= 15 is 0 Å². The van der Waals surface area contributed by atoms with Gasteiger partial charge in [0.25, 0.3) is 0 Å². The Morgan fingerprint density at radius 3 is 2.56 bits per heavy atom. The highest BCUT2D eigenvalue weighted by atomic mass is 16.5. The van der Waals surface area contributed by atoms with Crippen LogP contribution in [0.3, 0.4) is 0 Å². The number of esters is 1. The predicted molar refractivity (Wildman–Crippen MR) is 68.4 cm³/mol. The van der Waals surface area contributed by atoms with Crippen LogP contribution < -0.4 is 10.5 Å². The maximum absolute atomic E-state index is 11.0. The van der Waals surface area contributed by atoms with Crippen molar-refractivity contribution in [1.82, 2.24) is 0 Å². The summed E-state index contributed by atoms with van der Waals surface area (Å²) in [5.41, 5.74) is 6.95. The molecule has 1 aromatic carbocycles. The summed E-state index contributed by atoms with van der Waals surface area (Å²) in [6, 6.07) is 7.76. The topological polar surface area (TPSA) is 61.5 Å². The van der Waals surface area contributed by atoms with Gasteiger partial charge in [-0.25, -0.2) is 0 Å². The van der Waals surface area contributed by atoms with Gasteiger partial charge in [0.2, 0.25) is 0 Å². The van der Waals surface area contributed by atoms with Gasteiger partial charge in [-0.05, 0) is 37.0 Å². The number of benzene rings is 1. The molecule has 4 nitrogen and oxygen atoms in total. The minimum Gasteiger partial charge on any atom is -0.492 e. The summed E-state index contributed by atoms with van der Waals surface area (Å²) in [5, 5.41) is 0. The number of carbonyl (C=O) groups excluding carboxylic acids is 1. The van der Waals surface area contributed by atoms with Gasteiger partial charge in [0.15, 0.2) is 0 Å². The molecule has 1 aliphatic carbocycles. The van der Waals surface area contributed by atoms with Gasteiger partial charge in [-0.3, -0.25) is 4.79 Å². The lowest BCUT2D eigenvalue weighted by Crippen LogP contribution is -2.29. The van der Waals surface area contributed by atoms with Crippen molar-refractivity contribution in [2.45, 2.75) is 31.2 Å². The summed E-state index contributed by atoms with van der Waals surface area (Å²) in [5.74, 6) is 0.641. The van der Waals surface area contributed by atoms with Crippen LogP contribution in [0.15, 0.2) is 24.3 Å². The molecule has 0 bridgehead atoms. The van der Waals surface area contributed by atoms with E-state index in [1.54, 1.807) is 0 Å². The third kappa shape index (κ3) is 3.74. The average molecular weight is 249 g/mol. The van der Waals surface area contributed by atoms with E-state index in [4.69, 9.17) is 10.5 Å². The first-order chi connectivity index (χ1) is 8.61. The zero-order valence-electron chi connectivity index (χ0n) is 10.6. The first-order valence-corrected chi connectivity index (χ1v) is 6.19. The summed E-state index contributed by atoms with van der Waals surface area (Å²) in [6.45, 7) is 0.578. The Bertz CT molecular complexity index is 410. The molecule has 4 heteroatoms. The zero-order valence-corrected chi connectivity index (χ0v) is 10.6. The van der Waals surface area contributed by atoms with E-state index in [0.717, 1.165) is 24.2 Å². The SMILES string of the molecule is COC(=O)CCc1ccc(OCC2(N)CC2)cc1. The Balaban J connectivity index is 1.79. The van der Waals surface area contributed by atoms with E-state index < -0.39 is 0 Å². The number of methoxy groups -OCH3 is 1. The standard InChI is InChI=1S/C14H19NO3/c1-17-13(16)7-4-11-2-5-12(6-3-11)18-10-14(15)8-9-14/h2-3,5-6H,4,7-10,15H2,1H3. The van der Waals surface area contributed by atoms with Crippen LogP contribution in [0.4, 0.5) is 0 Å². The van der Waals surface area contributed by atoms with Crippen molar-refractivity contribution in [2.24, 2.45) is 5.73 Å². The number of carbonyl (C=O) groups is 1. The van der Waals surface area contributed by atoms with Crippen molar-refractivity contribution < 1.29 is 14.3 Å². The van der Waals surface area contributed by atoms with Crippen molar-refractivity contribution in [3.8, 4) is 5.75 Å². The molecule has 0 spiro atoms. The molecule has 0 aromatic heterocycles. The van der Waals surface area contributed by atoms with Crippen molar-refractivity contribution in [2.75, 3.05) is 13.7 Å². The fraction of sp³-hybridized carbons (Fsp3) is 0.500. The zero-order chi connectivity index (χ0) is 13.0. The molecule has 0 heterocycles. The lowest BCUT2D eigenvalue weighted by atomic mass is 10.1. The third-order valence-electron chi connectivity index (χ3n) is 3.19. The molecule has 1 aliphatic rings. The van der Waals surface area contributed by atoms with Gasteiger partial charge in [0.05, 0.1) is 12.6 Å². The van der Waals surface area contributed by atoms with Crippen LogP contribution in [0.1, 0.15) is 24.8 Å². The second kappa shape index (κ2) is 5.40. The Hall–Kier alpha value is -1.55. The lowest BCUT2D eigenvalue weighted by Gasteiger charge is -2.11. The van der Waals surface area contributed by atoms with Crippen LogP contribution in [-0.2, 0) is 16.0 Å². The fourth-order valence-electron chi connectivity index (χ4n) is 1.63. The summed E-state index contributed by atoms with van der Waals surface area (Å²) in [6.07, 6.45) is 3.19. The van der Waals surface area contributed by atoms with Gasteiger partial charge in [-0.15, -0.1) is 0 Å². The highest BCUT2D eigenvalue weighted by molar-refractivity contribution is 5.69. The molecule has 18 heavy (non-hydrogen) atoms. The van der Waals surface area contributed by atoms with Crippen LogP contribution in [0.2, 0.25) is 0 Å². The maximum atomic E-state index is 11.0. The molecule has 0 amide bonds. The predicted octanol–water partition coefficient (Wildman–Crippen LogP) is 1.66. The molecule has 1 aromatic rings. The van der Waals surface area contributed by atoms with Gasteiger partial charge in [0, 0.05) is 6.42 Å². The van der Waals surface area contributed by atoms with E-state index in [-0.39, 0.29) is 11.5 Å². The normalized spacial score (nSPS) is 16.1. The Morgan fingerprint density at radius 2 is 2.00 bits per heavy atom. The van der Waals surface area contributed by atoms with E-state index in [0.29, 0.717) is 19.4 Å². The monoisotopic (exact) mass is 249 g/mol. The third-order valence-corrected chi connectivity index (χ3v) is 3.19. The maximum Gasteiger partial charge on any atom is 0.305 e. The van der Waals surface area contributed by atoms with Crippen molar-refractivity contribution in [3.63, 3.8) is 0 Å². The number of ether oxygens (including phenoxy) is 2. The van der Waals surface area contributed by atoms with Crippen molar-refractivity contribution in [1.29, 1.82) is 0 Å². The number of nitrogens with two attached hydrogens (primary N) is 1. The summed E-state index contributed by atoms with van der Waals surface area (Å²) < 4.78 is 10.2. The van der Waals surface area contributed by atoms with Gasteiger partial charge >= 0.3 is 5.97 Å². The molecule has 0 saturated heterocycles. The van der Waals surface area contributed by atoms with E-state index in [1.807, 2.05) is 24.3 Å². The van der Waals surface area contributed by atoms with E-state index in [1.165, 1.54) is 7.11 Å². The summed E-state index contributed by atoms with van der Waals surface area (Å²) >= 11 is 0. The van der Waals surface area contributed by atoms with Crippen molar-refractivity contribution in [3.05, 3.63) is 29.8 Å². The molecular formula is C14H19NO3. The molecule has 0 radical (unpaired) electrons. The quantitative estimate of drug-likeness (QED) is 0.779. The van der Waals surface area contributed by atoms with Crippen molar-refractivity contribution >= 4 is 5.97 Å². The van der Waals surface area contributed by atoms with E-state index in [2.05, 4.69) is 4.74 Å². The van der Waals surface area contributed by atoms with Crippen LogP contribution in [0, 0.1) is 0 Å². The Labute approximate surface area is 107 Å². The number of rotatable bonds is 6. The average Bonchev–Trinajstić information content (AvgIpc) is 3.13. The second-order valence-corrected chi connectivity index (χ2v) is 4.87. The van der Waals surface area contributed by atoms with E-state index in [9.17, 15) is 4.79 Å². The van der Waals surface area contributed by atoms with Gasteiger partial charge < -0.3 is 15.2 Å². The van der Waals surface area contributed by atoms with Gasteiger partial charge in [0.1, 0.15) is 12.4 Å². The molecular weight excluding hydrogens is 230 g/mol. The number of hydrogen-bond acceptors (Lipinski definition) is 4. The molecule has 2 rings (SSSR count). The largest absolute Gasteiger partial charge is 0.492 e. The smallest absolute Gasteiger partial charge is 0.305 e. The van der Waals surface area contributed by atoms with Gasteiger partial charge in [-0.1, -0.05) is 12.1 Å². The Morgan fingerprint density at radius 1 is 1.33 bits per heavy atom. The highest BCUT2D eigenvalue weighted by Gasteiger charge is 2.39. The minimum absolute atomic E-state index is 0.0937. The van der Waals surface area contributed by atoms with Crippen LogP contribution in [0.5, 0.6) is 5.75 Å². The molecule has 0 aliphatic heterocycles. The number of hydrogen-bond donors (Lipinski definition) is 1. The highest BCUT2D eigenvalue weighted by Crippen LogP contribution is 2.32. The summed E-state index contributed by atoms with van der Waals surface area (Å²) in [4.78, 5) is 11.0. The Kier molecular flexibility index (Phi) is 3.87. The molecule has 1 saturated carbocycles. The summed E-state index contributed by atoms with van der Waals surface area (Å²) in [7, 11) is 1.40. The molecule has 0 atom stereocenters. The molecule has 0 unspecified atom stereocenters. The minimum atomic E-state index is -0.186. The lowest BCUT2D eigenvalue weighted by molar-refractivity contribution is -0.140. The number of aryl methyl sites for hydroxylation is 1. The molecule has 2 N–H and O–H groups in total. The van der Waals surface area contributed by atoms with Gasteiger partial charge in [-0.2, -0.15) is 0 Å². The molecule has 1 fully saturated rings. The molecule has 98 valence electrons. The first-order valence-electron chi connectivity index (χ1n) is 6.19. The van der Waals surface area contributed by atoms with Crippen LogP contribution >= 0.6 is 0 Å². The van der Waals surface area contributed by atoms with Crippen LogP contribution in [0.25, 0.3) is 0 Å². The second-order valence-electron chi connectivity index (χ2n) is 4.87. The fourth-order valence-corrected chi connectivity index (χ4v) is 1.63.